The summed E-state index contributed by atoms with van der Waals surface area (Å²) in [7, 11) is 0. The Kier molecular flexibility index (Phi) is 6.60. The Balaban J connectivity index is 2.63. The third-order valence-corrected chi connectivity index (χ3v) is 3.33. The SMILES string of the molecule is CCNC1COCC1C(=O)N(CCCO)C(C)C. The first kappa shape index (κ1) is 15.4. The van der Waals surface area contributed by atoms with Crippen molar-refractivity contribution < 1.29 is 14.6 Å². The third kappa shape index (κ3) is 3.93. The molecule has 1 rings (SSSR count). The van der Waals surface area contributed by atoms with E-state index in [1.165, 1.54) is 0 Å². The summed E-state index contributed by atoms with van der Waals surface area (Å²) < 4.78 is 5.42. The highest BCUT2D eigenvalue weighted by Gasteiger charge is 2.36. The molecule has 2 atom stereocenters. The number of likely N-dealkylation sites (N-methyl/N-ethyl adjacent to an activating group) is 1. The first-order valence-corrected chi connectivity index (χ1v) is 6.84. The van der Waals surface area contributed by atoms with Crippen LogP contribution in [0.15, 0.2) is 0 Å². The van der Waals surface area contributed by atoms with E-state index in [4.69, 9.17) is 9.84 Å². The van der Waals surface area contributed by atoms with Crippen LogP contribution in [-0.4, -0.2) is 60.9 Å². The summed E-state index contributed by atoms with van der Waals surface area (Å²) in [5.74, 6) is 0.0490. The van der Waals surface area contributed by atoms with E-state index in [1.54, 1.807) is 0 Å². The molecular weight excluding hydrogens is 232 g/mol. The Morgan fingerprint density at radius 2 is 2.22 bits per heavy atom. The summed E-state index contributed by atoms with van der Waals surface area (Å²) in [6, 6.07) is 0.282. The lowest BCUT2D eigenvalue weighted by molar-refractivity contribution is -0.137. The molecule has 5 heteroatoms. The molecule has 0 saturated carbocycles. The van der Waals surface area contributed by atoms with Gasteiger partial charge in [-0.2, -0.15) is 0 Å². The Bertz CT molecular complexity index is 255. The monoisotopic (exact) mass is 258 g/mol. The largest absolute Gasteiger partial charge is 0.396 e. The molecule has 18 heavy (non-hydrogen) atoms. The van der Waals surface area contributed by atoms with Gasteiger partial charge in [-0.15, -0.1) is 0 Å². The van der Waals surface area contributed by atoms with Crippen LogP contribution in [0.25, 0.3) is 0 Å². The summed E-state index contributed by atoms with van der Waals surface area (Å²) in [5, 5.41) is 12.2. The molecule has 1 fully saturated rings. The van der Waals surface area contributed by atoms with Gasteiger partial charge in [0.15, 0.2) is 0 Å². The van der Waals surface area contributed by atoms with E-state index in [1.807, 2.05) is 25.7 Å². The molecule has 1 heterocycles. The second kappa shape index (κ2) is 7.71. The molecule has 0 aromatic heterocycles. The van der Waals surface area contributed by atoms with Gasteiger partial charge in [0.05, 0.1) is 19.1 Å². The summed E-state index contributed by atoms with van der Waals surface area (Å²) >= 11 is 0. The first-order valence-electron chi connectivity index (χ1n) is 6.84. The van der Waals surface area contributed by atoms with E-state index < -0.39 is 0 Å². The molecule has 5 nitrogen and oxygen atoms in total. The average molecular weight is 258 g/mol. The lowest BCUT2D eigenvalue weighted by atomic mass is 10.0. The van der Waals surface area contributed by atoms with Gasteiger partial charge in [-0.05, 0) is 26.8 Å². The number of nitrogens with one attached hydrogen (secondary N) is 1. The van der Waals surface area contributed by atoms with Crippen LogP contribution in [0.4, 0.5) is 0 Å². The van der Waals surface area contributed by atoms with Crippen molar-refractivity contribution in [2.75, 3.05) is 32.9 Å². The van der Waals surface area contributed by atoms with Crippen molar-refractivity contribution in [2.24, 2.45) is 5.92 Å². The third-order valence-electron chi connectivity index (χ3n) is 3.33. The van der Waals surface area contributed by atoms with Crippen molar-refractivity contribution in [3.05, 3.63) is 0 Å². The molecule has 0 aromatic rings. The van der Waals surface area contributed by atoms with Gasteiger partial charge in [0, 0.05) is 25.2 Å². The fourth-order valence-corrected chi connectivity index (χ4v) is 2.34. The summed E-state index contributed by atoms with van der Waals surface area (Å²) in [5.41, 5.74) is 0. The minimum absolute atomic E-state index is 0.0916. The van der Waals surface area contributed by atoms with Crippen LogP contribution in [0.5, 0.6) is 0 Å². The smallest absolute Gasteiger partial charge is 0.229 e. The van der Waals surface area contributed by atoms with Crippen molar-refractivity contribution in [3.63, 3.8) is 0 Å². The summed E-state index contributed by atoms with van der Waals surface area (Å²) in [4.78, 5) is 14.3. The zero-order valence-corrected chi connectivity index (χ0v) is 11.7. The molecule has 0 aromatic carbocycles. The average Bonchev–Trinajstić information content (AvgIpc) is 2.77. The van der Waals surface area contributed by atoms with Crippen LogP contribution in [0.3, 0.4) is 0 Å². The predicted octanol–water partition coefficient (Wildman–Crippen LogP) is 0.230. The molecule has 0 aliphatic carbocycles. The highest BCUT2D eigenvalue weighted by molar-refractivity contribution is 5.80. The van der Waals surface area contributed by atoms with Gasteiger partial charge < -0.3 is 20.1 Å². The van der Waals surface area contributed by atoms with Crippen molar-refractivity contribution >= 4 is 5.91 Å². The number of rotatable bonds is 7. The second-order valence-electron chi connectivity index (χ2n) is 5.01. The van der Waals surface area contributed by atoms with Crippen LogP contribution in [-0.2, 0) is 9.53 Å². The van der Waals surface area contributed by atoms with Crippen molar-refractivity contribution in [3.8, 4) is 0 Å². The quantitative estimate of drug-likeness (QED) is 0.686. The van der Waals surface area contributed by atoms with Crippen molar-refractivity contribution in [2.45, 2.75) is 39.3 Å². The number of aliphatic hydroxyl groups is 1. The molecule has 1 aliphatic heterocycles. The molecule has 1 saturated heterocycles. The van der Waals surface area contributed by atoms with Crippen LogP contribution in [0.2, 0.25) is 0 Å². The maximum Gasteiger partial charge on any atom is 0.229 e. The Hall–Kier alpha value is -0.650. The van der Waals surface area contributed by atoms with E-state index >= 15 is 0 Å². The molecule has 2 N–H and O–H groups in total. The minimum Gasteiger partial charge on any atom is -0.396 e. The van der Waals surface area contributed by atoms with Crippen molar-refractivity contribution in [1.29, 1.82) is 0 Å². The van der Waals surface area contributed by atoms with Crippen molar-refractivity contribution in [1.82, 2.24) is 10.2 Å². The second-order valence-corrected chi connectivity index (χ2v) is 5.01. The van der Waals surface area contributed by atoms with E-state index in [0.717, 1.165) is 6.54 Å². The number of hydrogen-bond acceptors (Lipinski definition) is 4. The number of carbonyl (C=O) groups excluding carboxylic acids is 1. The first-order chi connectivity index (χ1) is 8.61. The van der Waals surface area contributed by atoms with Crippen LogP contribution in [0, 0.1) is 5.92 Å². The summed E-state index contributed by atoms with van der Waals surface area (Å²) in [6.45, 7) is 8.73. The molecule has 1 amide bonds. The van der Waals surface area contributed by atoms with Gasteiger partial charge in [0.1, 0.15) is 0 Å². The van der Waals surface area contributed by atoms with E-state index in [-0.39, 0.29) is 30.5 Å². The lowest BCUT2D eigenvalue weighted by Gasteiger charge is -2.30. The molecule has 0 radical (unpaired) electrons. The van der Waals surface area contributed by atoms with Gasteiger partial charge in [0.2, 0.25) is 5.91 Å². The number of amides is 1. The van der Waals surface area contributed by atoms with Crippen LogP contribution < -0.4 is 5.32 Å². The molecule has 1 aliphatic rings. The zero-order valence-electron chi connectivity index (χ0n) is 11.7. The number of aliphatic hydroxyl groups excluding tert-OH is 1. The Labute approximate surface area is 109 Å². The zero-order chi connectivity index (χ0) is 13.5. The standard InChI is InChI=1S/C13H26N2O3/c1-4-14-12-9-18-8-11(12)13(17)15(10(2)3)6-5-7-16/h10-12,14,16H,4-9H2,1-3H3. The van der Waals surface area contributed by atoms with Gasteiger partial charge in [-0.1, -0.05) is 6.92 Å². The highest BCUT2D eigenvalue weighted by Crippen LogP contribution is 2.18. The number of ether oxygens (including phenoxy) is 1. The fraction of sp³-hybridized carbons (Fsp3) is 0.923. The molecular formula is C13H26N2O3. The summed E-state index contributed by atoms with van der Waals surface area (Å²) in [6.07, 6.45) is 0.628. The molecule has 0 spiro atoms. The Morgan fingerprint density at radius 3 is 2.78 bits per heavy atom. The topological polar surface area (TPSA) is 61.8 Å². The van der Waals surface area contributed by atoms with E-state index in [9.17, 15) is 4.79 Å². The molecule has 2 unspecified atom stereocenters. The maximum atomic E-state index is 12.5. The Morgan fingerprint density at radius 1 is 1.50 bits per heavy atom. The maximum absolute atomic E-state index is 12.5. The predicted molar refractivity (Wildman–Crippen MR) is 70.3 cm³/mol. The number of hydrogen-bond donors (Lipinski definition) is 2. The van der Waals surface area contributed by atoms with E-state index in [0.29, 0.717) is 26.2 Å². The minimum atomic E-state index is -0.0916. The van der Waals surface area contributed by atoms with Gasteiger partial charge in [0.25, 0.3) is 0 Å². The fourth-order valence-electron chi connectivity index (χ4n) is 2.34. The van der Waals surface area contributed by atoms with E-state index in [2.05, 4.69) is 5.32 Å². The molecule has 0 bridgehead atoms. The van der Waals surface area contributed by atoms with Gasteiger partial charge >= 0.3 is 0 Å². The van der Waals surface area contributed by atoms with Gasteiger partial charge in [-0.3, -0.25) is 4.79 Å². The molecule has 106 valence electrons. The van der Waals surface area contributed by atoms with Crippen LogP contribution >= 0.6 is 0 Å². The highest BCUT2D eigenvalue weighted by atomic mass is 16.5. The number of carbonyl (C=O) groups is 1. The number of nitrogens with zero attached hydrogens (tertiary/aromatic N) is 1. The lowest BCUT2D eigenvalue weighted by Crippen LogP contribution is -2.48. The van der Waals surface area contributed by atoms with Gasteiger partial charge in [-0.25, -0.2) is 0 Å². The van der Waals surface area contributed by atoms with Crippen LogP contribution in [0.1, 0.15) is 27.2 Å². The normalized spacial score (nSPS) is 23.6.